The number of hydrogen-bond acceptors (Lipinski definition) is 9. The summed E-state index contributed by atoms with van der Waals surface area (Å²) in [5, 5.41) is 39.3. The number of methoxy groups -OCH3 is 1. The minimum absolute atomic E-state index is 0.0299. The lowest BCUT2D eigenvalue weighted by Crippen LogP contribution is -2.53. The van der Waals surface area contributed by atoms with Crippen LogP contribution >= 0.6 is 0 Å². The number of pyridine rings is 1. The van der Waals surface area contributed by atoms with E-state index in [9.17, 15) is 25.4 Å². The van der Waals surface area contributed by atoms with Crippen LogP contribution in [0.1, 0.15) is 31.4 Å². The van der Waals surface area contributed by atoms with E-state index in [1.165, 1.54) is 4.90 Å². The largest absolute Gasteiger partial charge is 0.493 e. The molecule has 1 aliphatic carbocycles. The molecule has 3 N–H and O–H groups in total. The fourth-order valence-electron chi connectivity index (χ4n) is 5.60. The highest BCUT2D eigenvalue weighted by Gasteiger charge is 2.51. The first-order chi connectivity index (χ1) is 17.6. The van der Waals surface area contributed by atoms with Gasteiger partial charge in [-0.05, 0) is 43.4 Å². The van der Waals surface area contributed by atoms with Crippen LogP contribution in [0.4, 0.5) is 5.82 Å². The van der Waals surface area contributed by atoms with Crippen LogP contribution in [0.3, 0.4) is 0 Å². The Morgan fingerprint density at radius 3 is 2.70 bits per heavy atom. The average molecular weight is 513 g/mol. The molecule has 200 valence electrons. The Morgan fingerprint density at radius 2 is 2.08 bits per heavy atom. The monoisotopic (exact) mass is 512 g/mol. The molecule has 2 fully saturated rings. The van der Waals surface area contributed by atoms with Crippen molar-refractivity contribution in [3.63, 3.8) is 0 Å². The van der Waals surface area contributed by atoms with Gasteiger partial charge in [0.05, 0.1) is 38.5 Å². The van der Waals surface area contributed by atoms with Crippen LogP contribution in [0.25, 0.3) is 0 Å². The Balaban J connectivity index is 1.46. The molecule has 37 heavy (non-hydrogen) atoms. The van der Waals surface area contributed by atoms with E-state index in [4.69, 9.17) is 9.47 Å². The maximum absolute atomic E-state index is 12.6. The third-order valence-electron chi connectivity index (χ3n) is 8.03. The molecule has 0 spiro atoms. The molecule has 5 atom stereocenters. The molecule has 1 aromatic rings. The summed E-state index contributed by atoms with van der Waals surface area (Å²) in [5.74, 6) is 1.36. The number of rotatable bonds is 8. The van der Waals surface area contributed by atoms with Gasteiger partial charge >= 0.3 is 0 Å². The second-order valence-corrected chi connectivity index (χ2v) is 10.6. The number of aliphatic hydroxyl groups is 3. The highest BCUT2D eigenvalue weighted by atomic mass is 16.5. The first kappa shape index (κ1) is 26.9. The molecule has 3 aliphatic rings. The minimum atomic E-state index is -1.47. The molecule has 0 saturated carbocycles. The van der Waals surface area contributed by atoms with Crippen LogP contribution in [0.5, 0.6) is 0 Å². The Bertz CT molecular complexity index is 1120. The first-order valence-corrected chi connectivity index (χ1v) is 12.6. The van der Waals surface area contributed by atoms with E-state index in [-0.39, 0.29) is 24.5 Å². The van der Waals surface area contributed by atoms with Gasteiger partial charge in [0.25, 0.3) is 5.91 Å². The zero-order valence-electron chi connectivity index (χ0n) is 21.8. The van der Waals surface area contributed by atoms with Crippen molar-refractivity contribution >= 4 is 11.7 Å². The SMILES string of the molecule is COC1=C(OC2CN(c3ncc(C)cc3C#N)C2)CC([C@@H]2CN(C(=O)[C@@H](O)CO)C[C@@]2(C)[C@@H](C)O)C=C1. The molecule has 1 amide bonds. The molecule has 0 radical (unpaired) electrons. The van der Waals surface area contributed by atoms with Gasteiger partial charge in [-0.15, -0.1) is 0 Å². The van der Waals surface area contributed by atoms with Crippen molar-refractivity contribution in [2.45, 2.75) is 45.5 Å². The number of amides is 1. The van der Waals surface area contributed by atoms with E-state index in [1.54, 1.807) is 20.2 Å². The van der Waals surface area contributed by atoms with Crippen molar-refractivity contribution in [1.29, 1.82) is 5.26 Å². The predicted molar refractivity (Wildman–Crippen MR) is 135 cm³/mol. The molecule has 0 aromatic carbocycles. The van der Waals surface area contributed by atoms with Gasteiger partial charge < -0.3 is 34.6 Å². The van der Waals surface area contributed by atoms with Gasteiger partial charge in [0, 0.05) is 31.1 Å². The molecular formula is C27H36N4O6. The van der Waals surface area contributed by atoms with Crippen LogP contribution in [-0.2, 0) is 14.3 Å². The standard InChI is InChI=1S/C27H36N4O6/c1-16-7-19(9-28)25(29-10-16)30-11-20(12-30)37-24-8-18(5-6-23(24)36-4)21-13-31(26(35)22(34)14-32)15-27(21,3)17(2)33/h5-7,10,17-18,20-22,32-34H,8,11-15H2,1-4H3/t17-,18?,21+,22+,27+/m1/s1. The lowest BCUT2D eigenvalue weighted by Gasteiger charge is -2.42. The molecule has 1 unspecified atom stereocenters. The number of likely N-dealkylation sites (tertiary alicyclic amines) is 1. The Morgan fingerprint density at radius 1 is 1.35 bits per heavy atom. The Kier molecular flexibility index (Phi) is 7.78. The summed E-state index contributed by atoms with van der Waals surface area (Å²) in [5.41, 5.74) is 0.874. The van der Waals surface area contributed by atoms with Gasteiger partial charge in [-0.1, -0.05) is 13.0 Å². The van der Waals surface area contributed by atoms with E-state index < -0.39 is 30.1 Å². The Labute approximate surface area is 217 Å². The number of nitrogens with zero attached hydrogens (tertiary/aromatic N) is 4. The summed E-state index contributed by atoms with van der Waals surface area (Å²) in [4.78, 5) is 20.6. The fourth-order valence-corrected chi connectivity index (χ4v) is 5.60. The number of aromatic nitrogens is 1. The summed E-state index contributed by atoms with van der Waals surface area (Å²) in [6.45, 7) is 6.77. The van der Waals surface area contributed by atoms with Gasteiger partial charge in [-0.25, -0.2) is 4.98 Å². The molecule has 10 nitrogen and oxygen atoms in total. The van der Waals surface area contributed by atoms with Crippen molar-refractivity contribution < 1.29 is 29.6 Å². The Hall–Kier alpha value is -3.13. The van der Waals surface area contributed by atoms with Gasteiger partial charge in [0.15, 0.2) is 11.9 Å². The van der Waals surface area contributed by atoms with Gasteiger partial charge in [0.1, 0.15) is 23.8 Å². The van der Waals surface area contributed by atoms with E-state index >= 15 is 0 Å². The summed E-state index contributed by atoms with van der Waals surface area (Å²) >= 11 is 0. The number of ether oxygens (including phenoxy) is 2. The zero-order chi connectivity index (χ0) is 26.9. The maximum atomic E-state index is 12.6. The second-order valence-electron chi connectivity index (χ2n) is 10.6. The van der Waals surface area contributed by atoms with Crippen LogP contribution in [0.15, 0.2) is 35.9 Å². The third-order valence-corrected chi connectivity index (χ3v) is 8.03. The van der Waals surface area contributed by atoms with Crippen LogP contribution < -0.4 is 4.90 Å². The predicted octanol–water partition coefficient (Wildman–Crippen LogP) is 1.10. The quantitative estimate of drug-likeness (QED) is 0.467. The van der Waals surface area contributed by atoms with Crippen molar-refractivity contribution in [3.05, 3.63) is 47.1 Å². The van der Waals surface area contributed by atoms with E-state index in [2.05, 4.69) is 11.1 Å². The van der Waals surface area contributed by atoms with Crippen LogP contribution in [0, 0.1) is 35.5 Å². The van der Waals surface area contributed by atoms with E-state index in [0.29, 0.717) is 49.0 Å². The second kappa shape index (κ2) is 10.7. The lowest BCUT2D eigenvalue weighted by atomic mass is 9.68. The first-order valence-electron chi connectivity index (χ1n) is 12.6. The molecule has 0 bridgehead atoms. The summed E-state index contributed by atoms with van der Waals surface area (Å²) in [6, 6.07) is 4.04. The number of carbonyl (C=O) groups is 1. The molecule has 4 rings (SSSR count). The molecular weight excluding hydrogens is 476 g/mol. The molecule has 1 aromatic heterocycles. The van der Waals surface area contributed by atoms with Crippen LogP contribution in [0.2, 0.25) is 0 Å². The fraction of sp³-hybridized carbons (Fsp3) is 0.593. The van der Waals surface area contributed by atoms with Crippen LogP contribution in [-0.4, -0.2) is 89.3 Å². The van der Waals surface area contributed by atoms with Crippen molar-refractivity contribution in [1.82, 2.24) is 9.88 Å². The van der Waals surface area contributed by atoms with Crippen molar-refractivity contribution in [3.8, 4) is 6.07 Å². The molecule has 2 aliphatic heterocycles. The third kappa shape index (κ3) is 5.17. The summed E-state index contributed by atoms with van der Waals surface area (Å²) in [6.07, 6.45) is 3.96. The molecule has 3 heterocycles. The van der Waals surface area contributed by atoms with Crippen molar-refractivity contribution in [2.75, 3.05) is 44.8 Å². The van der Waals surface area contributed by atoms with Crippen molar-refractivity contribution in [2.24, 2.45) is 17.3 Å². The zero-order valence-corrected chi connectivity index (χ0v) is 21.8. The normalized spacial score (nSPS) is 27.5. The smallest absolute Gasteiger partial charge is 0.253 e. The number of carbonyl (C=O) groups excluding carboxylic acids is 1. The van der Waals surface area contributed by atoms with Gasteiger partial charge in [-0.2, -0.15) is 5.26 Å². The lowest BCUT2D eigenvalue weighted by molar-refractivity contribution is -0.141. The number of aliphatic hydroxyl groups excluding tert-OH is 3. The number of hydrogen-bond donors (Lipinski definition) is 3. The average Bonchev–Trinajstić information content (AvgIpc) is 3.23. The molecule has 10 heteroatoms. The maximum Gasteiger partial charge on any atom is 0.253 e. The number of nitriles is 1. The minimum Gasteiger partial charge on any atom is -0.493 e. The van der Waals surface area contributed by atoms with E-state index in [0.717, 1.165) is 5.56 Å². The number of anilines is 1. The van der Waals surface area contributed by atoms with Gasteiger partial charge in [0.2, 0.25) is 0 Å². The topological polar surface area (TPSA) is 139 Å². The number of aryl methyl sites for hydroxylation is 1. The highest BCUT2D eigenvalue weighted by Crippen LogP contribution is 2.47. The molecule has 2 saturated heterocycles. The van der Waals surface area contributed by atoms with Gasteiger partial charge in [-0.3, -0.25) is 4.79 Å². The van der Waals surface area contributed by atoms with E-state index in [1.807, 2.05) is 37.0 Å². The summed E-state index contributed by atoms with van der Waals surface area (Å²) in [7, 11) is 1.60. The number of allylic oxidation sites excluding steroid dienone is 3. The summed E-state index contributed by atoms with van der Waals surface area (Å²) < 4.78 is 11.9. The highest BCUT2D eigenvalue weighted by molar-refractivity contribution is 5.81.